The molecule has 7 nitrogen and oxygen atoms in total. The number of hydrogen-bond donors (Lipinski definition) is 2. The first-order valence-electron chi connectivity index (χ1n) is 9.76. The summed E-state index contributed by atoms with van der Waals surface area (Å²) in [6.45, 7) is 12.9. The Hall–Kier alpha value is -1.83. The van der Waals surface area contributed by atoms with Crippen molar-refractivity contribution in [3.05, 3.63) is 16.1 Å². The second-order valence-corrected chi connectivity index (χ2v) is 8.59. The van der Waals surface area contributed by atoms with Crippen molar-refractivity contribution in [2.45, 2.75) is 65.5 Å². The zero-order valence-corrected chi connectivity index (χ0v) is 18.0. The van der Waals surface area contributed by atoms with E-state index in [1.807, 2.05) is 20.8 Å². The zero-order chi connectivity index (χ0) is 19.9. The van der Waals surface area contributed by atoms with Crippen molar-refractivity contribution in [2.24, 2.45) is 4.99 Å². The molecule has 0 spiro atoms. The molecule has 8 heteroatoms. The fourth-order valence-electron chi connectivity index (χ4n) is 2.87. The highest BCUT2D eigenvalue weighted by Gasteiger charge is 2.27. The molecule has 1 aromatic heterocycles. The summed E-state index contributed by atoms with van der Waals surface area (Å²) in [4.78, 5) is 23.5. The van der Waals surface area contributed by atoms with Crippen LogP contribution in [0.4, 0.5) is 4.79 Å². The molecule has 1 saturated heterocycles. The molecule has 2 heterocycles. The minimum absolute atomic E-state index is 0.0781. The van der Waals surface area contributed by atoms with E-state index >= 15 is 0 Å². The summed E-state index contributed by atoms with van der Waals surface area (Å²) < 4.78 is 5.35. The third-order valence-electron chi connectivity index (χ3n) is 4.07. The topological polar surface area (TPSA) is 78.9 Å². The Bertz CT molecular complexity index is 638. The maximum atomic E-state index is 12.0. The molecule has 0 bridgehead atoms. The van der Waals surface area contributed by atoms with Gasteiger partial charge in [0.05, 0.1) is 16.7 Å². The normalized spacial score (nSPS) is 17.9. The second kappa shape index (κ2) is 9.92. The van der Waals surface area contributed by atoms with Crippen LogP contribution in [0.2, 0.25) is 0 Å². The lowest BCUT2D eigenvalue weighted by Crippen LogP contribution is -2.44. The predicted molar refractivity (Wildman–Crippen MR) is 111 cm³/mol. The van der Waals surface area contributed by atoms with E-state index in [-0.39, 0.29) is 12.1 Å². The van der Waals surface area contributed by atoms with Gasteiger partial charge < -0.3 is 20.3 Å². The molecule has 27 heavy (non-hydrogen) atoms. The van der Waals surface area contributed by atoms with E-state index in [1.54, 1.807) is 11.3 Å². The van der Waals surface area contributed by atoms with Gasteiger partial charge in [0.25, 0.3) is 0 Å². The van der Waals surface area contributed by atoms with Gasteiger partial charge in [0.2, 0.25) is 0 Å². The first kappa shape index (κ1) is 21.5. The lowest BCUT2D eigenvalue weighted by Gasteiger charge is -2.23. The monoisotopic (exact) mass is 395 g/mol. The number of nitrogens with zero attached hydrogens (tertiary/aromatic N) is 3. The number of alkyl carbamates (subject to hydrolysis) is 1. The summed E-state index contributed by atoms with van der Waals surface area (Å²) in [5, 5.41) is 9.61. The van der Waals surface area contributed by atoms with Crippen LogP contribution in [0, 0.1) is 0 Å². The van der Waals surface area contributed by atoms with Crippen LogP contribution in [0.5, 0.6) is 0 Å². The molecule has 1 fully saturated rings. The van der Waals surface area contributed by atoms with Crippen LogP contribution in [0.3, 0.4) is 0 Å². The van der Waals surface area contributed by atoms with E-state index in [0.29, 0.717) is 6.54 Å². The van der Waals surface area contributed by atoms with Crippen LogP contribution in [-0.4, -0.2) is 59.8 Å². The number of amides is 1. The summed E-state index contributed by atoms with van der Waals surface area (Å²) in [5.74, 6) is 0.900. The van der Waals surface area contributed by atoms with Gasteiger partial charge in [-0.1, -0.05) is 6.92 Å². The summed E-state index contributed by atoms with van der Waals surface area (Å²) in [6.07, 6.45) is 2.36. The Morgan fingerprint density at radius 1 is 1.44 bits per heavy atom. The Morgan fingerprint density at radius 2 is 2.22 bits per heavy atom. The molecule has 2 N–H and O–H groups in total. The van der Waals surface area contributed by atoms with Crippen molar-refractivity contribution < 1.29 is 9.53 Å². The molecule has 1 aliphatic rings. The minimum atomic E-state index is -0.480. The highest BCUT2D eigenvalue weighted by Crippen LogP contribution is 2.13. The van der Waals surface area contributed by atoms with Gasteiger partial charge in [0, 0.05) is 38.0 Å². The first-order chi connectivity index (χ1) is 12.8. The average Bonchev–Trinajstić information content (AvgIpc) is 3.21. The van der Waals surface area contributed by atoms with E-state index in [1.165, 1.54) is 5.01 Å². The summed E-state index contributed by atoms with van der Waals surface area (Å²) in [7, 11) is 0. The van der Waals surface area contributed by atoms with E-state index < -0.39 is 5.60 Å². The van der Waals surface area contributed by atoms with Crippen LogP contribution in [0.25, 0.3) is 0 Å². The number of aliphatic imine (C=N–C) groups is 1. The molecule has 1 unspecified atom stereocenters. The molecule has 1 aliphatic heterocycles. The Labute approximate surface area is 166 Å². The summed E-state index contributed by atoms with van der Waals surface area (Å²) in [6, 6.07) is 0.0781. The number of guanidine groups is 1. The molecule has 0 aliphatic carbocycles. The second-order valence-electron chi connectivity index (χ2n) is 7.65. The van der Waals surface area contributed by atoms with Crippen molar-refractivity contribution in [3.8, 4) is 0 Å². The SMILES string of the molecule is CCNC(=NCCc1csc(CC)n1)N1CCC(NC(=O)OC(C)(C)C)C1. The average molecular weight is 396 g/mol. The van der Waals surface area contributed by atoms with Gasteiger partial charge in [-0.25, -0.2) is 9.78 Å². The van der Waals surface area contributed by atoms with Gasteiger partial charge in [-0.3, -0.25) is 4.99 Å². The Kier molecular flexibility index (Phi) is 7.89. The molecule has 152 valence electrons. The van der Waals surface area contributed by atoms with E-state index in [2.05, 4.69) is 39.7 Å². The van der Waals surface area contributed by atoms with Crippen molar-refractivity contribution in [1.82, 2.24) is 20.5 Å². The smallest absolute Gasteiger partial charge is 0.407 e. The van der Waals surface area contributed by atoms with Gasteiger partial charge in [-0.2, -0.15) is 0 Å². The Balaban J connectivity index is 1.85. The van der Waals surface area contributed by atoms with Crippen LogP contribution < -0.4 is 10.6 Å². The van der Waals surface area contributed by atoms with Crippen molar-refractivity contribution >= 4 is 23.4 Å². The molecule has 0 saturated carbocycles. The van der Waals surface area contributed by atoms with Gasteiger partial charge >= 0.3 is 6.09 Å². The third kappa shape index (κ3) is 7.36. The highest BCUT2D eigenvalue weighted by molar-refractivity contribution is 7.09. The molecular weight excluding hydrogens is 362 g/mol. The molecule has 0 radical (unpaired) electrons. The third-order valence-corrected chi connectivity index (χ3v) is 5.12. The van der Waals surface area contributed by atoms with Gasteiger partial charge in [0.15, 0.2) is 5.96 Å². The van der Waals surface area contributed by atoms with Crippen molar-refractivity contribution in [2.75, 3.05) is 26.2 Å². The largest absolute Gasteiger partial charge is 0.444 e. The summed E-state index contributed by atoms with van der Waals surface area (Å²) in [5.41, 5.74) is 0.633. The maximum absolute atomic E-state index is 12.0. The minimum Gasteiger partial charge on any atom is -0.444 e. The number of carbonyl (C=O) groups excluding carboxylic acids is 1. The van der Waals surface area contributed by atoms with Crippen LogP contribution in [0.1, 0.15) is 51.7 Å². The standard InChI is InChI=1S/C19H33N5O2S/c1-6-16-22-15(13-27-16)8-10-21-17(20-7-2)24-11-9-14(12-24)23-18(25)26-19(3,4)5/h13-14H,6-12H2,1-5H3,(H,20,21)(H,23,25). The number of likely N-dealkylation sites (tertiary alicyclic amines) is 1. The van der Waals surface area contributed by atoms with Gasteiger partial charge in [-0.15, -0.1) is 11.3 Å². The van der Waals surface area contributed by atoms with Crippen LogP contribution >= 0.6 is 11.3 Å². The maximum Gasteiger partial charge on any atom is 0.407 e. The number of nitrogens with one attached hydrogen (secondary N) is 2. The van der Waals surface area contributed by atoms with E-state index in [9.17, 15) is 4.79 Å². The summed E-state index contributed by atoms with van der Waals surface area (Å²) >= 11 is 1.72. The molecule has 1 aromatic rings. The van der Waals surface area contributed by atoms with Crippen molar-refractivity contribution in [3.63, 3.8) is 0 Å². The highest BCUT2D eigenvalue weighted by atomic mass is 32.1. The van der Waals surface area contributed by atoms with Gasteiger partial charge in [0.1, 0.15) is 5.60 Å². The Morgan fingerprint density at radius 3 is 2.85 bits per heavy atom. The molecule has 2 rings (SSSR count). The fourth-order valence-corrected chi connectivity index (χ4v) is 3.65. The number of thiazole rings is 1. The molecule has 0 aromatic carbocycles. The number of rotatable bonds is 6. The van der Waals surface area contributed by atoms with Crippen molar-refractivity contribution in [1.29, 1.82) is 0 Å². The number of aromatic nitrogens is 1. The van der Waals surface area contributed by atoms with E-state index in [0.717, 1.165) is 50.6 Å². The fraction of sp³-hybridized carbons (Fsp3) is 0.737. The van der Waals surface area contributed by atoms with Crippen LogP contribution in [0.15, 0.2) is 10.4 Å². The van der Waals surface area contributed by atoms with Gasteiger partial charge in [-0.05, 0) is 40.5 Å². The number of ether oxygens (including phenoxy) is 1. The van der Waals surface area contributed by atoms with E-state index in [4.69, 9.17) is 9.73 Å². The quantitative estimate of drug-likeness (QED) is 0.572. The van der Waals surface area contributed by atoms with Crippen LogP contribution in [-0.2, 0) is 17.6 Å². The molecular formula is C19H33N5O2S. The number of carbonyl (C=O) groups is 1. The molecule has 1 amide bonds. The zero-order valence-electron chi connectivity index (χ0n) is 17.2. The lowest BCUT2D eigenvalue weighted by atomic mass is 10.2. The lowest BCUT2D eigenvalue weighted by molar-refractivity contribution is 0.0507. The number of hydrogen-bond acceptors (Lipinski definition) is 5. The first-order valence-corrected chi connectivity index (χ1v) is 10.6. The number of aryl methyl sites for hydroxylation is 1. The molecule has 1 atom stereocenters. The predicted octanol–water partition coefficient (Wildman–Crippen LogP) is 2.81.